The molecule has 0 aromatic heterocycles. The lowest BCUT2D eigenvalue weighted by Gasteiger charge is -2.32. The van der Waals surface area contributed by atoms with Crippen LogP contribution in [0.4, 0.5) is 13.2 Å². The van der Waals surface area contributed by atoms with Crippen LogP contribution in [0.1, 0.15) is 12.8 Å². The van der Waals surface area contributed by atoms with E-state index < -0.39 is 12.3 Å². The average Bonchev–Trinajstić information content (AvgIpc) is 2.17. The maximum absolute atomic E-state index is 12.1. The van der Waals surface area contributed by atoms with Crippen LogP contribution in [0.3, 0.4) is 0 Å². The fourth-order valence-corrected chi connectivity index (χ4v) is 1.75. The van der Waals surface area contributed by atoms with E-state index in [1.165, 1.54) is 0 Å². The van der Waals surface area contributed by atoms with Crippen molar-refractivity contribution in [2.24, 2.45) is 11.7 Å². The first-order chi connectivity index (χ1) is 6.93. The average molecular weight is 226 g/mol. The molecule has 1 heterocycles. The normalized spacial score (nSPS) is 23.0. The van der Waals surface area contributed by atoms with Crippen LogP contribution >= 0.6 is 0 Å². The molecule has 0 aromatic carbocycles. The van der Waals surface area contributed by atoms with E-state index in [2.05, 4.69) is 0 Å². The third-order valence-corrected chi connectivity index (χ3v) is 2.85. The molecule has 1 rings (SSSR count). The summed E-state index contributed by atoms with van der Waals surface area (Å²) in [5.41, 5.74) is 5.47. The van der Waals surface area contributed by atoms with E-state index in [-0.39, 0.29) is 6.54 Å². The van der Waals surface area contributed by atoms with Crippen LogP contribution in [-0.2, 0) is 0 Å². The Morgan fingerprint density at radius 2 is 1.87 bits per heavy atom. The van der Waals surface area contributed by atoms with Crippen molar-refractivity contribution in [1.82, 2.24) is 4.90 Å². The van der Waals surface area contributed by atoms with Crippen LogP contribution < -0.4 is 5.73 Å². The highest BCUT2D eigenvalue weighted by Gasteiger charge is 2.39. The highest BCUT2D eigenvalue weighted by molar-refractivity contribution is 4.77. The van der Waals surface area contributed by atoms with Gasteiger partial charge in [0.1, 0.15) is 0 Å². The first-order valence-electron chi connectivity index (χ1n) is 5.10. The van der Waals surface area contributed by atoms with Gasteiger partial charge in [0.25, 0.3) is 0 Å². The summed E-state index contributed by atoms with van der Waals surface area (Å²) in [6.07, 6.45) is -5.10. The first kappa shape index (κ1) is 12.7. The van der Waals surface area contributed by atoms with Gasteiger partial charge in [-0.1, -0.05) is 0 Å². The Morgan fingerprint density at radius 3 is 2.27 bits per heavy atom. The third kappa shape index (κ3) is 3.96. The molecule has 0 amide bonds. The SMILES string of the molecule is NCC1CCN(CC(O)C(F)(F)F)CC1. The van der Waals surface area contributed by atoms with Crippen molar-refractivity contribution in [1.29, 1.82) is 0 Å². The number of aliphatic hydroxyl groups excluding tert-OH is 1. The number of hydrogen-bond donors (Lipinski definition) is 2. The van der Waals surface area contributed by atoms with Gasteiger partial charge >= 0.3 is 6.18 Å². The Morgan fingerprint density at radius 1 is 1.33 bits per heavy atom. The van der Waals surface area contributed by atoms with E-state index in [1.807, 2.05) is 0 Å². The summed E-state index contributed by atoms with van der Waals surface area (Å²) in [6, 6.07) is 0. The van der Waals surface area contributed by atoms with Gasteiger partial charge in [0.05, 0.1) is 0 Å². The number of nitrogens with two attached hydrogens (primary N) is 1. The van der Waals surface area contributed by atoms with Gasteiger partial charge in [-0.15, -0.1) is 0 Å². The Hall–Kier alpha value is -0.330. The molecule has 6 heteroatoms. The topological polar surface area (TPSA) is 49.5 Å². The smallest absolute Gasteiger partial charge is 0.382 e. The van der Waals surface area contributed by atoms with Gasteiger partial charge in [-0.05, 0) is 38.4 Å². The highest BCUT2D eigenvalue weighted by Crippen LogP contribution is 2.22. The molecule has 0 aromatic rings. The summed E-state index contributed by atoms with van der Waals surface area (Å²) < 4.78 is 36.2. The van der Waals surface area contributed by atoms with E-state index in [4.69, 9.17) is 10.8 Å². The molecular weight excluding hydrogens is 209 g/mol. The van der Waals surface area contributed by atoms with E-state index in [1.54, 1.807) is 4.90 Å². The first-order valence-corrected chi connectivity index (χ1v) is 5.10. The van der Waals surface area contributed by atoms with E-state index in [0.717, 1.165) is 12.8 Å². The molecule has 1 fully saturated rings. The summed E-state index contributed by atoms with van der Waals surface area (Å²) in [5.74, 6) is 0.421. The van der Waals surface area contributed by atoms with Crippen molar-refractivity contribution in [3.05, 3.63) is 0 Å². The fourth-order valence-electron chi connectivity index (χ4n) is 1.75. The lowest BCUT2D eigenvalue weighted by Crippen LogP contribution is -2.44. The van der Waals surface area contributed by atoms with Gasteiger partial charge in [0.2, 0.25) is 0 Å². The highest BCUT2D eigenvalue weighted by atomic mass is 19.4. The zero-order chi connectivity index (χ0) is 11.5. The van der Waals surface area contributed by atoms with E-state index in [0.29, 0.717) is 25.6 Å². The van der Waals surface area contributed by atoms with Crippen LogP contribution in [0.2, 0.25) is 0 Å². The van der Waals surface area contributed by atoms with Crippen molar-refractivity contribution < 1.29 is 18.3 Å². The van der Waals surface area contributed by atoms with Crippen LogP contribution in [0.5, 0.6) is 0 Å². The van der Waals surface area contributed by atoms with Crippen molar-refractivity contribution in [3.8, 4) is 0 Å². The molecular formula is C9H17F3N2O. The number of β-amino-alcohol motifs (C(OH)–C–C–N with tert-alkyl or cyclic N) is 1. The van der Waals surface area contributed by atoms with Crippen molar-refractivity contribution in [3.63, 3.8) is 0 Å². The second kappa shape index (κ2) is 5.14. The minimum absolute atomic E-state index is 0.319. The Bertz CT molecular complexity index is 190. The second-order valence-electron chi connectivity index (χ2n) is 4.04. The molecule has 1 unspecified atom stereocenters. The molecule has 1 aliphatic heterocycles. The minimum Gasteiger partial charge on any atom is -0.382 e. The monoisotopic (exact) mass is 226 g/mol. The molecule has 0 radical (unpaired) electrons. The Kier molecular flexibility index (Phi) is 4.36. The maximum Gasteiger partial charge on any atom is 0.415 e. The number of halogens is 3. The predicted octanol–water partition coefficient (Wildman–Crippen LogP) is 0.580. The van der Waals surface area contributed by atoms with Crippen LogP contribution in [0.15, 0.2) is 0 Å². The molecule has 0 saturated carbocycles. The minimum atomic E-state index is -4.51. The molecule has 15 heavy (non-hydrogen) atoms. The standard InChI is InChI=1S/C9H17F3N2O/c10-9(11,12)8(15)6-14-3-1-7(5-13)2-4-14/h7-8,15H,1-6,13H2. The summed E-state index contributed by atoms with van der Waals surface area (Å²) in [6.45, 7) is 1.46. The van der Waals surface area contributed by atoms with E-state index >= 15 is 0 Å². The fraction of sp³-hybridized carbons (Fsp3) is 1.00. The molecule has 1 saturated heterocycles. The van der Waals surface area contributed by atoms with Gasteiger partial charge in [0.15, 0.2) is 6.10 Å². The summed E-state index contributed by atoms with van der Waals surface area (Å²) in [5, 5.41) is 8.87. The van der Waals surface area contributed by atoms with Crippen molar-refractivity contribution in [2.75, 3.05) is 26.2 Å². The summed E-state index contributed by atoms with van der Waals surface area (Å²) >= 11 is 0. The number of piperidine rings is 1. The van der Waals surface area contributed by atoms with Gasteiger partial charge in [-0.25, -0.2) is 0 Å². The lowest BCUT2D eigenvalue weighted by molar-refractivity contribution is -0.208. The lowest BCUT2D eigenvalue weighted by atomic mass is 9.97. The molecule has 90 valence electrons. The molecule has 3 nitrogen and oxygen atoms in total. The molecule has 0 spiro atoms. The number of hydrogen-bond acceptors (Lipinski definition) is 3. The van der Waals surface area contributed by atoms with Gasteiger partial charge in [0, 0.05) is 6.54 Å². The second-order valence-corrected chi connectivity index (χ2v) is 4.04. The van der Waals surface area contributed by atoms with Crippen molar-refractivity contribution >= 4 is 0 Å². The van der Waals surface area contributed by atoms with E-state index in [9.17, 15) is 13.2 Å². The van der Waals surface area contributed by atoms with Gasteiger partial charge in [-0.3, -0.25) is 0 Å². The van der Waals surface area contributed by atoms with Crippen LogP contribution in [0.25, 0.3) is 0 Å². The largest absolute Gasteiger partial charge is 0.415 e. The molecule has 1 atom stereocenters. The van der Waals surface area contributed by atoms with Crippen LogP contribution in [0, 0.1) is 5.92 Å². The summed E-state index contributed by atoms with van der Waals surface area (Å²) in [7, 11) is 0. The van der Waals surface area contributed by atoms with Crippen LogP contribution in [-0.4, -0.2) is 48.5 Å². The number of likely N-dealkylation sites (tertiary alicyclic amines) is 1. The van der Waals surface area contributed by atoms with Crippen molar-refractivity contribution in [2.45, 2.75) is 25.1 Å². The zero-order valence-corrected chi connectivity index (χ0v) is 8.50. The predicted molar refractivity (Wildman–Crippen MR) is 50.3 cm³/mol. The van der Waals surface area contributed by atoms with Gasteiger partial charge < -0.3 is 15.7 Å². The number of aliphatic hydroxyl groups is 1. The third-order valence-electron chi connectivity index (χ3n) is 2.85. The number of nitrogens with zero attached hydrogens (tertiary/aromatic N) is 1. The molecule has 0 aliphatic carbocycles. The number of alkyl halides is 3. The summed E-state index contributed by atoms with van der Waals surface area (Å²) in [4.78, 5) is 1.64. The number of rotatable bonds is 3. The molecule has 0 bridgehead atoms. The molecule has 1 aliphatic rings. The maximum atomic E-state index is 12.1. The zero-order valence-electron chi connectivity index (χ0n) is 8.50. The quantitative estimate of drug-likeness (QED) is 0.740. The Labute approximate surface area is 87.0 Å². The Balaban J connectivity index is 2.29. The van der Waals surface area contributed by atoms with Gasteiger partial charge in [-0.2, -0.15) is 13.2 Å². The molecule has 3 N–H and O–H groups in total.